The van der Waals surface area contributed by atoms with Crippen LogP contribution in [0.5, 0.6) is 0 Å². The van der Waals surface area contributed by atoms with Gasteiger partial charge in [0.25, 0.3) is 5.91 Å². The standard InChI is InChI=1S/C21H17ClF3N5O/c1-21(4-5-21)28-20(27-19(31)11-2-3-15(22)16(25)8-11)26-18-10-17(29-30-18)12-6-13(23)9-14(24)7-12/h2-3,6-9H,4-5,10H2,1H3,(H2,26,27,28,30,31). The van der Waals surface area contributed by atoms with Gasteiger partial charge in [0.2, 0.25) is 5.96 Å². The van der Waals surface area contributed by atoms with Gasteiger partial charge in [-0.15, -0.1) is 0 Å². The van der Waals surface area contributed by atoms with Gasteiger partial charge in [0, 0.05) is 17.2 Å². The Hall–Kier alpha value is -3.20. The maximum Gasteiger partial charge on any atom is 0.258 e. The van der Waals surface area contributed by atoms with Crippen molar-refractivity contribution in [3.63, 3.8) is 0 Å². The topological polar surface area (TPSA) is 78.2 Å². The van der Waals surface area contributed by atoms with Gasteiger partial charge in [-0.25, -0.2) is 18.2 Å². The van der Waals surface area contributed by atoms with Gasteiger partial charge in [-0.05, 0) is 50.1 Å². The van der Waals surface area contributed by atoms with E-state index in [2.05, 4.69) is 25.8 Å². The van der Waals surface area contributed by atoms with Crippen LogP contribution in [0.2, 0.25) is 5.02 Å². The highest BCUT2D eigenvalue weighted by Gasteiger charge is 2.38. The molecule has 1 aliphatic carbocycles. The number of guanidine groups is 1. The first-order valence-electron chi connectivity index (χ1n) is 9.44. The van der Waals surface area contributed by atoms with E-state index in [9.17, 15) is 18.0 Å². The second-order valence-electron chi connectivity index (χ2n) is 7.58. The highest BCUT2D eigenvalue weighted by molar-refractivity contribution is 6.30. The van der Waals surface area contributed by atoms with Crippen molar-refractivity contribution in [3.05, 3.63) is 70.0 Å². The Labute approximate surface area is 180 Å². The summed E-state index contributed by atoms with van der Waals surface area (Å²) in [6.45, 7) is 1.92. The maximum absolute atomic E-state index is 13.7. The third-order valence-corrected chi connectivity index (χ3v) is 5.15. The predicted molar refractivity (Wildman–Crippen MR) is 112 cm³/mol. The highest BCUT2D eigenvalue weighted by Crippen LogP contribution is 2.39. The number of hydrogen-bond donors (Lipinski definition) is 2. The Morgan fingerprint density at radius 3 is 2.52 bits per heavy atom. The summed E-state index contributed by atoms with van der Waals surface area (Å²) in [5, 5.41) is 6.55. The predicted octanol–water partition coefficient (Wildman–Crippen LogP) is 4.19. The molecule has 1 saturated carbocycles. The molecule has 2 aromatic carbocycles. The van der Waals surface area contributed by atoms with Crippen molar-refractivity contribution in [1.29, 1.82) is 0 Å². The zero-order chi connectivity index (χ0) is 22.2. The van der Waals surface area contributed by atoms with Crippen molar-refractivity contribution in [1.82, 2.24) is 10.7 Å². The van der Waals surface area contributed by atoms with Crippen LogP contribution in [0.3, 0.4) is 0 Å². The molecule has 2 aromatic rings. The highest BCUT2D eigenvalue weighted by atomic mass is 35.5. The summed E-state index contributed by atoms with van der Waals surface area (Å²) in [6.07, 6.45) is 1.83. The molecule has 6 nitrogen and oxygen atoms in total. The van der Waals surface area contributed by atoms with Gasteiger partial charge >= 0.3 is 0 Å². The first-order valence-corrected chi connectivity index (χ1v) is 9.81. The molecule has 0 radical (unpaired) electrons. The monoisotopic (exact) mass is 447 g/mol. The average molecular weight is 448 g/mol. The molecule has 1 heterocycles. The molecule has 31 heavy (non-hydrogen) atoms. The molecule has 1 fully saturated rings. The number of hydrazone groups is 1. The van der Waals surface area contributed by atoms with Gasteiger partial charge in [0.1, 0.15) is 23.3 Å². The van der Waals surface area contributed by atoms with E-state index in [1.165, 1.54) is 24.3 Å². The van der Waals surface area contributed by atoms with E-state index in [-0.39, 0.29) is 34.1 Å². The minimum Gasteiger partial charge on any atom is -0.291 e. The van der Waals surface area contributed by atoms with Crippen molar-refractivity contribution in [2.24, 2.45) is 15.1 Å². The van der Waals surface area contributed by atoms with Crippen LogP contribution in [-0.2, 0) is 0 Å². The lowest BCUT2D eigenvalue weighted by atomic mass is 10.1. The molecule has 2 N–H and O–H groups in total. The van der Waals surface area contributed by atoms with Gasteiger partial charge in [0.15, 0.2) is 0 Å². The lowest BCUT2D eigenvalue weighted by Gasteiger charge is -2.09. The first-order chi connectivity index (χ1) is 14.7. The molecule has 4 rings (SSSR count). The summed E-state index contributed by atoms with van der Waals surface area (Å²) >= 11 is 5.66. The third-order valence-electron chi connectivity index (χ3n) is 4.85. The number of carbonyl (C=O) groups excluding carboxylic acids is 1. The first kappa shape index (κ1) is 21.0. The second kappa shape index (κ2) is 8.14. The number of amides is 1. The molecule has 1 aliphatic heterocycles. The van der Waals surface area contributed by atoms with E-state index in [0.29, 0.717) is 11.5 Å². The van der Waals surface area contributed by atoms with Gasteiger partial charge in [-0.2, -0.15) is 10.1 Å². The molecule has 0 atom stereocenters. The van der Waals surface area contributed by atoms with Crippen molar-refractivity contribution in [2.75, 3.05) is 0 Å². The van der Waals surface area contributed by atoms with Crippen LogP contribution in [-0.4, -0.2) is 29.0 Å². The van der Waals surface area contributed by atoms with Crippen LogP contribution in [0, 0.1) is 17.5 Å². The van der Waals surface area contributed by atoms with Crippen molar-refractivity contribution >= 4 is 35.0 Å². The van der Waals surface area contributed by atoms with Crippen LogP contribution in [0.1, 0.15) is 42.1 Å². The minimum absolute atomic E-state index is 0.0322. The van der Waals surface area contributed by atoms with Gasteiger partial charge in [-0.1, -0.05) is 11.6 Å². The number of nitrogens with one attached hydrogen (secondary N) is 2. The number of halogens is 4. The number of hydrogen-bond acceptors (Lipinski definition) is 3. The molecule has 10 heteroatoms. The quantitative estimate of drug-likeness (QED) is 0.546. The molecule has 160 valence electrons. The molecule has 0 unspecified atom stereocenters. The molecular weight excluding hydrogens is 431 g/mol. The average Bonchev–Trinajstić information content (AvgIpc) is 3.22. The fourth-order valence-electron chi connectivity index (χ4n) is 2.89. The Kier molecular flexibility index (Phi) is 5.53. The van der Waals surface area contributed by atoms with E-state index >= 15 is 0 Å². The number of aliphatic imine (C=N–C) groups is 2. The summed E-state index contributed by atoms with van der Waals surface area (Å²) in [4.78, 5) is 21.4. The Morgan fingerprint density at radius 2 is 1.87 bits per heavy atom. The van der Waals surface area contributed by atoms with Crippen molar-refractivity contribution in [3.8, 4) is 0 Å². The molecule has 2 aliphatic rings. The van der Waals surface area contributed by atoms with Crippen LogP contribution < -0.4 is 10.7 Å². The maximum atomic E-state index is 13.7. The molecule has 0 spiro atoms. The Bertz CT molecular complexity index is 1140. The van der Waals surface area contributed by atoms with E-state index < -0.39 is 23.4 Å². The van der Waals surface area contributed by atoms with Crippen LogP contribution in [0.25, 0.3) is 0 Å². The molecular formula is C21H17ClF3N5O. The summed E-state index contributed by atoms with van der Waals surface area (Å²) in [6, 6.07) is 6.81. The van der Waals surface area contributed by atoms with Crippen LogP contribution in [0.4, 0.5) is 13.2 Å². The summed E-state index contributed by atoms with van der Waals surface area (Å²) < 4.78 is 40.7. The Morgan fingerprint density at radius 1 is 1.16 bits per heavy atom. The number of carbonyl (C=O) groups is 1. The fraction of sp³-hybridized carbons (Fsp3) is 0.238. The van der Waals surface area contributed by atoms with Gasteiger partial charge in [-0.3, -0.25) is 15.5 Å². The normalized spacial score (nSPS) is 18.5. The van der Waals surface area contributed by atoms with E-state index in [4.69, 9.17) is 11.6 Å². The number of benzene rings is 2. The van der Waals surface area contributed by atoms with Crippen LogP contribution >= 0.6 is 11.6 Å². The van der Waals surface area contributed by atoms with Crippen LogP contribution in [0.15, 0.2) is 51.5 Å². The number of rotatable bonds is 3. The summed E-state index contributed by atoms with van der Waals surface area (Å²) in [5.74, 6) is -2.38. The van der Waals surface area contributed by atoms with Gasteiger partial charge < -0.3 is 0 Å². The van der Waals surface area contributed by atoms with Crippen molar-refractivity contribution < 1.29 is 18.0 Å². The fourth-order valence-corrected chi connectivity index (χ4v) is 3.01. The summed E-state index contributed by atoms with van der Waals surface area (Å²) in [5.41, 5.74) is 3.08. The smallest absolute Gasteiger partial charge is 0.258 e. The Balaban J connectivity index is 1.54. The lowest BCUT2D eigenvalue weighted by molar-refractivity contribution is 0.0976. The number of amidine groups is 1. The second-order valence-corrected chi connectivity index (χ2v) is 7.99. The molecule has 0 saturated heterocycles. The SMILES string of the molecule is CC1(N=C(N=C2CC(c3cc(F)cc(F)c3)=NN2)NC(=O)c2ccc(Cl)c(F)c2)CC1. The van der Waals surface area contributed by atoms with Crippen molar-refractivity contribution in [2.45, 2.75) is 31.7 Å². The van der Waals surface area contributed by atoms with E-state index in [0.717, 1.165) is 25.0 Å². The molecule has 0 bridgehead atoms. The number of nitrogens with zero attached hydrogens (tertiary/aromatic N) is 3. The largest absolute Gasteiger partial charge is 0.291 e. The third kappa shape index (κ3) is 5.11. The minimum atomic E-state index is -0.717. The zero-order valence-corrected chi connectivity index (χ0v) is 17.1. The van der Waals surface area contributed by atoms with E-state index in [1.54, 1.807) is 0 Å². The van der Waals surface area contributed by atoms with Gasteiger partial charge in [0.05, 0.1) is 22.7 Å². The lowest BCUT2D eigenvalue weighted by Crippen LogP contribution is -2.32. The van der Waals surface area contributed by atoms with E-state index in [1.807, 2.05) is 6.92 Å². The summed E-state index contributed by atoms with van der Waals surface area (Å²) in [7, 11) is 0. The molecule has 0 aromatic heterocycles. The molecule has 1 amide bonds. The zero-order valence-electron chi connectivity index (χ0n) is 16.3.